The van der Waals surface area contributed by atoms with E-state index >= 15 is 0 Å². The van der Waals surface area contributed by atoms with Gasteiger partial charge in [-0.3, -0.25) is 0 Å². The lowest BCUT2D eigenvalue weighted by Gasteiger charge is -1.88. The van der Waals surface area contributed by atoms with Crippen molar-refractivity contribution < 1.29 is 0 Å². The Morgan fingerprint density at radius 1 is 1.73 bits per heavy atom. The summed E-state index contributed by atoms with van der Waals surface area (Å²) in [7, 11) is 0. The summed E-state index contributed by atoms with van der Waals surface area (Å²) >= 11 is 7.03. The van der Waals surface area contributed by atoms with E-state index in [1.165, 1.54) is 11.3 Å². The molecule has 1 rings (SSSR count). The number of nitrogens with zero attached hydrogens (tertiary/aromatic N) is 2. The van der Waals surface area contributed by atoms with Crippen molar-refractivity contribution in [3.05, 3.63) is 16.1 Å². The van der Waals surface area contributed by atoms with E-state index < -0.39 is 0 Å². The average molecular weight is 187 g/mol. The Bertz CT molecular complexity index is 264. The lowest BCUT2D eigenvalue weighted by molar-refractivity contribution is 0.913. The van der Waals surface area contributed by atoms with Crippen LogP contribution in [0.4, 0.5) is 0 Å². The summed E-state index contributed by atoms with van der Waals surface area (Å²) in [6.07, 6.45) is 1.82. The normalized spacial score (nSPS) is 9.45. The van der Waals surface area contributed by atoms with Crippen LogP contribution in [0.15, 0.2) is 5.38 Å². The molecule has 0 aliphatic carbocycles. The van der Waals surface area contributed by atoms with Crippen molar-refractivity contribution in [2.24, 2.45) is 0 Å². The summed E-state index contributed by atoms with van der Waals surface area (Å²) in [5.74, 6) is 0.654. The third kappa shape index (κ3) is 2.49. The number of alkyl halides is 1. The summed E-state index contributed by atoms with van der Waals surface area (Å²) in [6.45, 7) is 0. The maximum absolute atomic E-state index is 8.44. The highest BCUT2D eigenvalue weighted by atomic mass is 35.5. The maximum atomic E-state index is 8.44. The molecule has 0 aliphatic heterocycles. The predicted octanol–water partition coefficient (Wildman–Crippen LogP) is 2.19. The molecule has 0 spiro atoms. The molecular formula is C7H7ClN2S. The van der Waals surface area contributed by atoms with E-state index in [2.05, 4.69) is 4.98 Å². The average Bonchev–Trinajstić information content (AvgIpc) is 2.48. The number of thiazole rings is 1. The van der Waals surface area contributed by atoms with Crippen LogP contribution < -0.4 is 0 Å². The van der Waals surface area contributed by atoms with Crippen LogP contribution in [-0.2, 0) is 6.42 Å². The Kier molecular flexibility index (Phi) is 3.34. The maximum Gasteiger partial charge on any atom is 0.151 e. The van der Waals surface area contributed by atoms with E-state index in [1.807, 2.05) is 6.07 Å². The fourth-order valence-corrected chi connectivity index (χ4v) is 1.60. The quantitative estimate of drug-likeness (QED) is 0.679. The van der Waals surface area contributed by atoms with Crippen molar-refractivity contribution >= 4 is 22.9 Å². The fraction of sp³-hybridized carbons (Fsp3) is 0.429. The van der Waals surface area contributed by atoms with Crippen molar-refractivity contribution in [2.75, 3.05) is 5.88 Å². The molecule has 0 radical (unpaired) electrons. The third-order valence-corrected chi connectivity index (χ3v) is 2.37. The van der Waals surface area contributed by atoms with Gasteiger partial charge in [-0.2, -0.15) is 5.26 Å². The molecular weight excluding hydrogens is 180 g/mol. The largest absolute Gasteiger partial charge is 0.231 e. The SMILES string of the molecule is N#Cc1csc(CCCCl)n1. The number of halogens is 1. The van der Waals surface area contributed by atoms with Crippen molar-refractivity contribution in [3.8, 4) is 6.07 Å². The number of hydrogen-bond donors (Lipinski definition) is 0. The summed E-state index contributed by atoms with van der Waals surface area (Å²) in [4.78, 5) is 4.07. The highest BCUT2D eigenvalue weighted by Gasteiger charge is 1.99. The molecule has 1 heterocycles. The van der Waals surface area contributed by atoms with Gasteiger partial charge in [-0.05, 0) is 6.42 Å². The van der Waals surface area contributed by atoms with Crippen molar-refractivity contribution in [2.45, 2.75) is 12.8 Å². The zero-order valence-electron chi connectivity index (χ0n) is 5.88. The molecule has 0 saturated carbocycles. The van der Waals surface area contributed by atoms with E-state index in [-0.39, 0.29) is 0 Å². The highest BCUT2D eigenvalue weighted by molar-refractivity contribution is 7.09. The first-order valence-corrected chi connectivity index (χ1v) is 4.68. The second kappa shape index (κ2) is 4.32. The summed E-state index contributed by atoms with van der Waals surface area (Å²) in [6, 6.07) is 1.99. The molecule has 2 nitrogen and oxygen atoms in total. The second-order valence-corrected chi connectivity index (χ2v) is 3.35. The van der Waals surface area contributed by atoms with Gasteiger partial charge in [0.05, 0.1) is 5.01 Å². The number of aromatic nitrogens is 1. The van der Waals surface area contributed by atoms with Crippen LogP contribution in [-0.4, -0.2) is 10.9 Å². The van der Waals surface area contributed by atoms with Crippen LogP contribution in [0.25, 0.3) is 0 Å². The topological polar surface area (TPSA) is 36.7 Å². The molecule has 0 aliphatic rings. The molecule has 1 aromatic rings. The molecule has 0 bridgehead atoms. The Morgan fingerprint density at radius 2 is 2.55 bits per heavy atom. The van der Waals surface area contributed by atoms with Gasteiger partial charge in [0, 0.05) is 17.7 Å². The minimum absolute atomic E-state index is 0.513. The van der Waals surface area contributed by atoms with Crippen LogP contribution >= 0.6 is 22.9 Å². The van der Waals surface area contributed by atoms with E-state index in [0.717, 1.165) is 17.8 Å². The first-order chi connectivity index (χ1) is 5.36. The van der Waals surface area contributed by atoms with Crippen LogP contribution in [0.5, 0.6) is 0 Å². The van der Waals surface area contributed by atoms with E-state index in [9.17, 15) is 0 Å². The summed E-state index contributed by atoms with van der Waals surface area (Å²) < 4.78 is 0. The van der Waals surface area contributed by atoms with Gasteiger partial charge in [0.2, 0.25) is 0 Å². The zero-order chi connectivity index (χ0) is 8.10. The van der Waals surface area contributed by atoms with Gasteiger partial charge < -0.3 is 0 Å². The van der Waals surface area contributed by atoms with Gasteiger partial charge in [-0.15, -0.1) is 22.9 Å². The Labute approximate surface area is 74.4 Å². The highest BCUT2D eigenvalue weighted by Crippen LogP contribution is 2.10. The molecule has 11 heavy (non-hydrogen) atoms. The lowest BCUT2D eigenvalue weighted by atomic mass is 10.3. The molecule has 0 fully saturated rings. The number of aryl methyl sites for hydroxylation is 1. The summed E-state index contributed by atoms with van der Waals surface area (Å²) in [5.41, 5.74) is 0.513. The zero-order valence-corrected chi connectivity index (χ0v) is 7.45. The number of rotatable bonds is 3. The van der Waals surface area contributed by atoms with Crippen LogP contribution in [0, 0.1) is 11.3 Å². The molecule has 58 valence electrons. The van der Waals surface area contributed by atoms with E-state index in [0.29, 0.717) is 11.6 Å². The molecule has 0 atom stereocenters. The van der Waals surface area contributed by atoms with Gasteiger partial charge in [-0.25, -0.2) is 4.98 Å². The first kappa shape index (κ1) is 8.51. The second-order valence-electron chi connectivity index (χ2n) is 2.03. The Morgan fingerprint density at radius 3 is 3.09 bits per heavy atom. The van der Waals surface area contributed by atoms with E-state index in [4.69, 9.17) is 16.9 Å². The smallest absolute Gasteiger partial charge is 0.151 e. The van der Waals surface area contributed by atoms with Gasteiger partial charge in [0.15, 0.2) is 5.69 Å². The minimum Gasteiger partial charge on any atom is -0.231 e. The van der Waals surface area contributed by atoms with E-state index in [1.54, 1.807) is 5.38 Å². The van der Waals surface area contributed by atoms with Gasteiger partial charge in [0.25, 0.3) is 0 Å². The third-order valence-electron chi connectivity index (χ3n) is 1.19. The molecule has 0 amide bonds. The Hall–Kier alpha value is -0.590. The van der Waals surface area contributed by atoms with Gasteiger partial charge in [0.1, 0.15) is 6.07 Å². The molecule has 0 saturated heterocycles. The van der Waals surface area contributed by atoms with Gasteiger partial charge in [-0.1, -0.05) is 0 Å². The summed E-state index contributed by atoms with van der Waals surface area (Å²) in [5, 5.41) is 11.2. The number of hydrogen-bond acceptors (Lipinski definition) is 3. The monoisotopic (exact) mass is 186 g/mol. The molecule has 0 aromatic carbocycles. The van der Waals surface area contributed by atoms with Crippen molar-refractivity contribution in [1.82, 2.24) is 4.98 Å². The van der Waals surface area contributed by atoms with Crippen molar-refractivity contribution in [1.29, 1.82) is 5.26 Å². The molecule has 0 N–H and O–H groups in total. The minimum atomic E-state index is 0.513. The van der Waals surface area contributed by atoms with Crippen LogP contribution in [0.1, 0.15) is 17.1 Å². The van der Waals surface area contributed by atoms with Crippen LogP contribution in [0.2, 0.25) is 0 Å². The molecule has 4 heteroatoms. The lowest BCUT2D eigenvalue weighted by Crippen LogP contribution is -1.84. The first-order valence-electron chi connectivity index (χ1n) is 3.27. The number of nitriles is 1. The Balaban J connectivity index is 2.53. The molecule has 0 unspecified atom stereocenters. The van der Waals surface area contributed by atoms with Crippen LogP contribution in [0.3, 0.4) is 0 Å². The van der Waals surface area contributed by atoms with Crippen molar-refractivity contribution in [3.63, 3.8) is 0 Å². The molecule has 1 aromatic heterocycles. The standard InChI is InChI=1S/C7H7ClN2S/c8-3-1-2-7-10-6(4-9)5-11-7/h5H,1-3H2. The fourth-order valence-electron chi connectivity index (χ4n) is 0.695. The van der Waals surface area contributed by atoms with Gasteiger partial charge >= 0.3 is 0 Å². The predicted molar refractivity (Wildman–Crippen MR) is 45.9 cm³/mol.